The summed E-state index contributed by atoms with van der Waals surface area (Å²) in [6, 6.07) is 12.1. The summed E-state index contributed by atoms with van der Waals surface area (Å²) in [5.74, 6) is 1.31. The van der Waals surface area contributed by atoms with Crippen LogP contribution in [0.1, 0.15) is 5.76 Å². The molecule has 0 radical (unpaired) electrons. The van der Waals surface area contributed by atoms with Gasteiger partial charge in [0.1, 0.15) is 22.8 Å². The number of benzene rings is 2. The first-order valence-electron chi connectivity index (χ1n) is 9.09. The van der Waals surface area contributed by atoms with Crippen LogP contribution in [0.25, 0.3) is 22.1 Å². The van der Waals surface area contributed by atoms with Gasteiger partial charge in [-0.05, 0) is 36.8 Å². The number of anilines is 1. The molecule has 4 aromatic rings. The monoisotopic (exact) mass is 422 g/mol. The number of hydrogen-bond donors (Lipinski definition) is 1. The predicted octanol–water partition coefficient (Wildman–Crippen LogP) is 4.25. The molecule has 0 saturated heterocycles. The van der Waals surface area contributed by atoms with Crippen molar-refractivity contribution in [2.75, 3.05) is 19.0 Å². The quantitative estimate of drug-likeness (QED) is 0.500. The average molecular weight is 422 g/mol. The molecule has 7 nitrogen and oxygen atoms in total. The van der Waals surface area contributed by atoms with Gasteiger partial charge in [-0.3, -0.25) is 14.9 Å². The third kappa shape index (κ3) is 4.04. The maximum absolute atomic E-state index is 13.1. The van der Waals surface area contributed by atoms with E-state index in [4.69, 9.17) is 13.9 Å². The fraction of sp³-hybridized carbons (Fsp3) is 0.136. The van der Waals surface area contributed by atoms with Crippen LogP contribution >= 0.6 is 11.3 Å². The van der Waals surface area contributed by atoms with Crippen molar-refractivity contribution in [1.82, 2.24) is 4.98 Å². The zero-order valence-corrected chi connectivity index (χ0v) is 17.1. The molecule has 2 heterocycles. The van der Waals surface area contributed by atoms with Gasteiger partial charge in [0.2, 0.25) is 5.43 Å². The standard InChI is InChI=1S/C22H18N2O5S/c1-13-20(14-3-5-15(27-2)6-4-14)21(26)17-8-7-16(11-18(17)29-13)28-12-19(25)24-22-23-9-10-30-22/h3-11H,12H2,1-2H3,(H,23,24,25). The molecule has 0 aliphatic rings. The van der Waals surface area contributed by atoms with Crippen LogP contribution in [0.15, 0.2) is 63.3 Å². The van der Waals surface area contributed by atoms with Crippen LogP contribution in [-0.2, 0) is 4.79 Å². The van der Waals surface area contributed by atoms with Gasteiger partial charge < -0.3 is 13.9 Å². The Kier molecular flexibility index (Phi) is 5.49. The van der Waals surface area contributed by atoms with Crippen molar-refractivity contribution in [2.45, 2.75) is 6.92 Å². The number of aromatic nitrogens is 1. The smallest absolute Gasteiger partial charge is 0.264 e. The largest absolute Gasteiger partial charge is 0.497 e. The van der Waals surface area contributed by atoms with Gasteiger partial charge in [-0.1, -0.05) is 12.1 Å². The summed E-state index contributed by atoms with van der Waals surface area (Å²) in [7, 11) is 1.59. The maximum Gasteiger partial charge on any atom is 0.264 e. The van der Waals surface area contributed by atoms with E-state index in [9.17, 15) is 9.59 Å². The molecule has 0 aliphatic carbocycles. The van der Waals surface area contributed by atoms with Gasteiger partial charge in [0.25, 0.3) is 5.91 Å². The highest BCUT2D eigenvalue weighted by Crippen LogP contribution is 2.27. The van der Waals surface area contributed by atoms with Crippen molar-refractivity contribution in [1.29, 1.82) is 0 Å². The minimum absolute atomic E-state index is 0.132. The van der Waals surface area contributed by atoms with Crippen molar-refractivity contribution < 1.29 is 18.7 Å². The first-order chi connectivity index (χ1) is 14.5. The number of rotatable bonds is 6. The molecule has 4 rings (SSSR count). The molecule has 0 saturated carbocycles. The number of hydrogen-bond acceptors (Lipinski definition) is 7. The lowest BCUT2D eigenvalue weighted by atomic mass is 10.0. The van der Waals surface area contributed by atoms with Crippen LogP contribution in [0, 0.1) is 6.92 Å². The number of ether oxygens (including phenoxy) is 2. The second kappa shape index (κ2) is 8.38. The molecule has 0 spiro atoms. The van der Waals surface area contributed by atoms with E-state index >= 15 is 0 Å². The van der Waals surface area contributed by atoms with Crippen molar-refractivity contribution in [2.24, 2.45) is 0 Å². The Morgan fingerprint density at radius 2 is 1.93 bits per heavy atom. The van der Waals surface area contributed by atoms with Crippen LogP contribution < -0.4 is 20.2 Å². The van der Waals surface area contributed by atoms with Gasteiger partial charge >= 0.3 is 0 Å². The highest BCUT2D eigenvalue weighted by atomic mass is 32.1. The van der Waals surface area contributed by atoms with Gasteiger partial charge in [-0.25, -0.2) is 4.98 Å². The third-order valence-electron chi connectivity index (χ3n) is 4.47. The fourth-order valence-corrected chi connectivity index (χ4v) is 3.60. The number of amides is 1. The van der Waals surface area contributed by atoms with Crippen molar-refractivity contribution in [3.05, 3.63) is 70.0 Å². The Labute approximate surface area is 175 Å². The van der Waals surface area contributed by atoms with Gasteiger partial charge in [0.05, 0.1) is 18.1 Å². The maximum atomic E-state index is 13.1. The number of fused-ring (bicyclic) bond motifs is 1. The summed E-state index contributed by atoms with van der Waals surface area (Å²) in [5, 5.41) is 5.36. The van der Waals surface area contributed by atoms with Crippen molar-refractivity contribution >= 4 is 33.3 Å². The fourth-order valence-electron chi connectivity index (χ4n) is 3.06. The summed E-state index contributed by atoms with van der Waals surface area (Å²) in [6.45, 7) is 1.56. The zero-order chi connectivity index (χ0) is 21.1. The summed E-state index contributed by atoms with van der Waals surface area (Å²) in [4.78, 5) is 29.0. The molecule has 0 unspecified atom stereocenters. The van der Waals surface area contributed by atoms with E-state index in [1.807, 2.05) is 12.1 Å². The molecule has 0 atom stereocenters. The molecular formula is C22H18N2O5S. The molecule has 2 aromatic carbocycles. The topological polar surface area (TPSA) is 90.7 Å². The van der Waals surface area contributed by atoms with Gasteiger partial charge in [0, 0.05) is 17.6 Å². The lowest BCUT2D eigenvalue weighted by Gasteiger charge is -2.10. The molecule has 30 heavy (non-hydrogen) atoms. The zero-order valence-electron chi connectivity index (χ0n) is 16.3. The Morgan fingerprint density at radius 3 is 2.63 bits per heavy atom. The van der Waals surface area contributed by atoms with E-state index in [2.05, 4.69) is 10.3 Å². The number of thiazole rings is 1. The summed E-state index contributed by atoms with van der Waals surface area (Å²) >= 11 is 1.32. The molecule has 1 N–H and O–H groups in total. The Morgan fingerprint density at radius 1 is 1.17 bits per heavy atom. The number of nitrogens with zero attached hydrogens (tertiary/aromatic N) is 1. The van der Waals surface area contributed by atoms with Crippen molar-refractivity contribution in [3.8, 4) is 22.6 Å². The minimum atomic E-state index is -0.322. The molecule has 1 amide bonds. The lowest BCUT2D eigenvalue weighted by Crippen LogP contribution is -2.20. The van der Waals surface area contributed by atoms with E-state index in [0.29, 0.717) is 38.9 Å². The Balaban J connectivity index is 1.57. The predicted molar refractivity (Wildman–Crippen MR) is 115 cm³/mol. The normalized spacial score (nSPS) is 10.7. The molecule has 0 fully saturated rings. The summed E-state index contributed by atoms with van der Waals surface area (Å²) < 4.78 is 16.6. The van der Waals surface area contributed by atoms with Crippen LogP contribution in [0.3, 0.4) is 0 Å². The van der Waals surface area contributed by atoms with Crippen LogP contribution in [-0.4, -0.2) is 24.6 Å². The summed E-state index contributed by atoms with van der Waals surface area (Å²) in [5.41, 5.74) is 1.52. The highest BCUT2D eigenvalue weighted by Gasteiger charge is 2.15. The first-order valence-corrected chi connectivity index (χ1v) is 9.97. The molecular weight excluding hydrogens is 404 g/mol. The number of aryl methyl sites for hydroxylation is 1. The molecule has 152 valence electrons. The van der Waals surface area contributed by atoms with Crippen LogP contribution in [0.5, 0.6) is 11.5 Å². The summed E-state index contributed by atoms with van der Waals surface area (Å²) in [6.07, 6.45) is 1.61. The van der Waals surface area contributed by atoms with E-state index in [0.717, 1.165) is 5.56 Å². The Hall–Kier alpha value is -3.65. The average Bonchev–Trinajstić information content (AvgIpc) is 3.25. The van der Waals surface area contributed by atoms with E-state index in [1.165, 1.54) is 11.3 Å². The van der Waals surface area contributed by atoms with Gasteiger partial charge in [0.15, 0.2) is 11.7 Å². The number of carbonyl (C=O) groups is 1. The SMILES string of the molecule is COc1ccc(-c2c(C)oc3cc(OCC(=O)Nc4nccs4)ccc3c2=O)cc1. The number of nitrogens with one attached hydrogen (secondary N) is 1. The van der Waals surface area contributed by atoms with Crippen molar-refractivity contribution in [3.63, 3.8) is 0 Å². The minimum Gasteiger partial charge on any atom is -0.497 e. The molecule has 0 bridgehead atoms. The van der Waals surface area contributed by atoms with Gasteiger partial charge in [-0.2, -0.15) is 0 Å². The number of carbonyl (C=O) groups excluding carboxylic acids is 1. The van der Waals surface area contributed by atoms with Gasteiger partial charge in [-0.15, -0.1) is 11.3 Å². The van der Waals surface area contributed by atoms with E-state index in [1.54, 1.807) is 55.9 Å². The second-order valence-electron chi connectivity index (χ2n) is 6.42. The van der Waals surface area contributed by atoms with E-state index < -0.39 is 0 Å². The van der Waals surface area contributed by atoms with E-state index in [-0.39, 0.29) is 17.9 Å². The number of methoxy groups -OCH3 is 1. The van der Waals surface area contributed by atoms with Crippen LogP contribution in [0.4, 0.5) is 5.13 Å². The molecule has 0 aliphatic heterocycles. The third-order valence-corrected chi connectivity index (χ3v) is 5.16. The second-order valence-corrected chi connectivity index (χ2v) is 7.32. The molecule has 2 aromatic heterocycles. The lowest BCUT2D eigenvalue weighted by molar-refractivity contribution is -0.118. The Bertz CT molecular complexity index is 1250. The first kappa shape index (κ1) is 19.7. The van der Waals surface area contributed by atoms with Crippen LogP contribution in [0.2, 0.25) is 0 Å². The molecule has 8 heteroatoms. The highest BCUT2D eigenvalue weighted by molar-refractivity contribution is 7.13.